The molecule has 19 heavy (non-hydrogen) atoms. The van der Waals surface area contributed by atoms with E-state index in [0.717, 1.165) is 23.7 Å². The Morgan fingerprint density at radius 3 is 2.89 bits per heavy atom. The number of rotatable bonds is 4. The minimum Gasteiger partial charge on any atom is -0.362 e. The molecule has 1 N–H and O–H groups in total. The van der Waals surface area contributed by atoms with Gasteiger partial charge in [-0.2, -0.15) is 0 Å². The second-order valence-corrected chi connectivity index (χ2v) is 7.15. The maximum absolute atomic E-state index is 4.72. The molecule has 0 spiro atoms. The van der Waals surface area contributed by atoms with Gasteiger partial charge in [-0.15, -0.1) is 0 Å². The molecule has 0 amide bonds. The lowest BCUT2D eigenvalue weighted by molar-refractivity contribution is 0.160. The Morgan fingerprint density at radius 2 is 2.16 bits per heavy atom. The fraction of sp³-hybridized carbons (Fsp3) is 0.933. The smallest absolute Gasteiger partial charge is 0.156 e. The van der Waals surface area contributed by atoms with Crippen molar-refractivity contribution in [3.63, 3.8) is 0 Å². The van der Waals surface area contributed by atoms with Crippen molar-refractivity contribution in [2.24, 2.45) is 10.9 Å². The first-order valence-electron chi connectivity index (χ1n) is 7.84. The first-order chi connectivity index (χ1) is 9.16. The van der Waals surface area contributed by atoms with Gasteiger partial charge in [0.05, 0.1) is 0 Å². The number of likely N-dealkylation sites (tertiary alicyclic amines) is 1. The third-order valence-corrected chi connectivity index (χ3v) is 5.70. The van der Waals surface area contributed by atoms with E-state index >= 15 is 0 Å². The van der Waals surface area contributed by atoms with Gasteiger partial charge in [0.15, 0.2) is 5.17 Å². The van der Waals surface area contributed by atoms with Crippen LogP contribution in [0.5, 0.6) is 0 Å². The average molecular weight is 283 g/mol. The number of thioether (sulfide) groups is 1. The lowest BCUT2D eigenvalue weighted by atomic mass is 10.0. The Balaban J connectivity index is 1.65. The zero-order valence-corrected chi connectivity index (χ0v) is 13.5. The zero-order chi connectivity index (χ0) is 13.7. The van der Waals surface area contributed by atoms with Crippen molar-refractivity contribution in [3.8, 4) is 0 Å². The molecule has 3 nitrogen and oxygen atoms in total. The summed E-state index contributed by atoms with van der Waals surface area (Å²) in [6.45, 7) is 10.4. The van der Waals surface area contributed by atoms with Gasteiger partial charge >= 0.3 is 0 Å². The second-order valence-electron chi connectivity index (χ2n) is 6.14. The van der Waals surface area contributed by atoms with E-state index < -0.39 is 0 Å². The number of nitrogens with zero attached hydrogens (tertiary/aromatic N) is 2. The summed E-state index contributed by atoms with van der Waals surface area (Å²) in [5.41, 5.74) is 0. The van der Waals surface area contributed by atoms with Gasteiger partial charge in [-0.1, -0.05) is 25.1 Å². The lowest BCUT2D eigenvalue weighted by Gasteiger charge is -2.33. The minimum atomic E-state index is 0.571. The number of piperidine rings is 1. The van der Waals surface area contributed by atoms with Crippen molar-refractivity contribution < 1.29 is 0 Å². The van der Waals surface area contributed by atoms with Crippen molar-refractivity contribution in [2.45, 2.75) is 58.5 Å². The van der Waals surface area contributed by atoms with Crippen LogP contribution in [-0.4, -0.2) is 47.5 Å². The third kappa shape index (κ3) is 4.67. The molecule has 2 heterocycles. The van der Waals surface area contributed by atoms with Crippen LogP contribution in [0.4, 0.5) is 0 Å². The summed E-state index contributed by atoms with van der Waals surface area (Å²) in [5.74, 6) is 1.95. The quantitative estimate of drug-likeness (QED) is 0.804. The first kappa shape index (κ1) is 15.2. The molecule has 0 aromatic carbocycles. The van der Waals surface area contributed by atoms with Crippen molar-refractivity contribution in [1.29, 1.82) is 0 Å². The van der Waals surface area contributed by atoms with Crippen LogP contribution < -0.4 is 5.32 Å². The molecule has 3 unspecified atom stereocenters. The van der Waals surface area contributed by atoms with Gasteiger partial charge in [-0.05, 0) is 45.6 Å². The van der Waals surface area contributed by atoms with E-state index in [1.807, 2.05) is 11.8 Å². The third-order valence-electron chi connectivity index (χ3n) is 4.49. The zero-order valence-electron chi connectivity index (χ0n) is 12.7. The van der Waals surface area contributed by atoms with E-state index in [1.54, 1.807) is 0 Å². The SMILES string of the molecule is CC1CSC(=NCCCN2CCCCC2C)NC1C. The van der Waals surface area contributed by atoms with Crippen LogP contribution in [0.25, 0.3) is 0 Å². The van der Waals surface area contributed by atoms with E-state index in [0.29, 0.717) is 6.04 Å². The van der Waals surface area contributed by atoms with Gasteiger partial charge in [0.2, 0.25) is 0 Å². The van der Waals surface area contributed by atoms with Crippen LogP contribution in [0.2, 0.25) is 0 Å². The van der Waals surface area contributed by atoms with Gasteiger partial charge in [0.1, 0.15) is 0 Å². The molecule has 0 saturated carbocycles. The molecule has 2 fully saturated rings. The first-order valence-corrected chi connectivity index (χ1v) is 8.83. The number of hydrogen-bond acceptors (Lipinski definition) is 3. The minimum absolute atomic E-state index is 0.571. The number of aliphatic imine (C=N–C) groups is 1. The maximum atomic E-state index is 4.72. The van der Waals surface area contributed by atoms with Crippen LogP contribution in [0.1, 0.15) is 46.5 Å². The molecule has 0 aromatic heterocycles. The molecule has 0 bridgehead atoms. The molecule has 0 aromatic rings. The Bertz CT molecular complexity index is 306. The summed E-state index contributed by atoms with van der Waals surface area (Å²) in [6.07, 6.45) is 5.36. The summed E-state index contributed by atoms with van der Waals surface area (Å²) >= 11 is 1.89. The van der Waals surface area contributed by atoms with Crippen LogP contribution >= 0.6 is 11.8 Å². The summed E-state index contributed by atoms with van der Waals surface area (Å²) in [4.78, 5) is 7.35. The second kappa shape index (κ2) is 7.53. The van der Waals surface area contributed by atoms with Crippen molar-refractivity contribution in [2.75, 3.05) is 25.4 Å². The normalized spacial score (nSPS) is 35.3. The van der Waals surface area contributed by atoms with Crippen LogP contribution in [0.3, 0.4) is 0 Å². The van der Waals surface area contributed by atoms with Gasteiger partial charge in [-0.25, -0.2) is 0 Å². The van der Waals surface area contributed by atoms with Crippen LogP contribution in [-0.2, 0) is 0 Å². The van der Waals surface area contributed by atoms with Gasteiger partial charge in [0.25, 0.3) is 0 Å². The molecule has 2 saturated heterocycles. The molecule has 2 aliphatic heterocycles. The largest absolute Gasteiger partial charge is 0.362 e. The van der Waals surface area contributed by atoms with Gasteiger partial charge < -0.3 is 10.2 Å². The molecule has 2 rings (SSSR count). The predicted octanol–water partition coefficient (Wildman–Crippen LogP) is 2.97. The molecule has 3 atom stereocenters. The van der Waals surface area contributed by atoms with E-state index in [2.05, 4.69) is 31.0 Å². The van der Waals surface area contributed by atoms with Crippen molar-refractivity contribution in [3.05, 3.63) is 0 Å². The fourth-order valence-corrected chi connectivity index (χ4v) is 3.93. The molecule has 2 aliphatic rings. The standard InChI is InChI=1S/C15H29N3S/c1-12-11-19-15(17-14(12)3)16-8-6-10-18-9-5-4-7-13(18)2/h12-14H,4-11H2,1-3H3,(H,16,17). The highest BCUT2D eigenvalue weighted by Gasteiger charge is 2.20. The molecule has 4 heteroatoms. The van der Waals surface area contributed by atoms with E-state index in [-0.39, 0.29) is 0 Å². The summed E-state index contributed by atoms with van der Waals surface area (Å²) in [6, 6.07) is 1.35. The number of hydrogen-bond donors (Lipinski definition) is 1. The average Bonchev–Trinajstić information content (AvgIpc) is 2.40. The van der Waals surface area contributed by atoms with Crippen molar-refractivity contribution in [1.82, 2.24) is 10.2 Å². The highest BCUT2D eigenvalue weighted by Crippen LogP contribution is 2.19. The van der Waals surface area contributed by atoms with E-state index in [1.165, 1.54) is 44.5 Å². The molecular weight excluding hydrogens is 254 g/mol. The van der Waals surface area contributed by atoms with E-state index in [9.17, 15) is 0 Å². The topological polar surface area (TPSA) is 27.6 Å². The maximum Gasteiger partial charge on any atom is 0.156 e. The molecule has 0 aliphatic carbocycles. The summed E-state index contributed by atoms with van der Waals surface area (Å²) < 4.78 is 0. The highest BCUT2D eigenvalue weighted by atomic mass is 32.2. The predicted molar refractivity (Wildman–Crippen MR) is 86.0 cm³/mol. The summed E-state index contributed by atoms with van der Waals surface area (Å²) in [7, 11) is 0. The molecular formula is C15H29N3S. The fourth-order valence-electron chi connectivity index (χ4n) is 2.77. The number of nitrogens with one attached hydrogen (secondary N) is 1. The Labute approximate surface area is 122 Å². The van der Waals surface area contributed by atoms with Crippen LogP contribution in [0, 0.1) is 5.92 Å². The lowest BCUT2D eigenvalue weighted by Crippen LogP contribution is -2.41. The van der Waals surface area contributed by atoms with E-state index in [4.69, 9.17) is 4.99 Å². The number of amidine groups is 1. The van der Waals surface area contributed by atoms with Crippen molar-refractivity contribution >= 4 is 16.9 Å². The van der Waals surface area contributed by atoms with Gasteiger partial charge in [0, 0.05) is 30.9 Å². The summed E-state index contributed by atoms with van der Waals surface area (Å²) in [5, 5.41) is 4.68. The Hall–Kier alpha value is -0.220. The Morgan fingerprint density at radius 1 is 1.32 bits per heavy atom. The van der Waals surface area contributed by atoms with Crippen LogP contribution in [0.15, 0.2) is 4.99 Å². The molecule has 110 valence electrons. The highest BCUT2D eigenvalue weighted by molar-refractivity contribution is 8.13. The monoisotopic (exact) mass is 283 g/mol. The van der Waals surface area contributed by atoms with Gasteiger partial charge in [-0.3, -0.25) is 4.99 Å². The Kier molecular flexibility index (Phi) is 6.02. The molecule has 0 radical (unpaired) electrons.